The first-order valence-electron chi connectivity index (χ1n) is 25.9. The van der Waals surface area contributed by atoms with Gasteiger partial charge in [0.15, 0.2) is 0 Å². The van der Waals surface area contributed by atoms with Crippen LogP contribution in [0.1, 0.15) is 43.4 Å². The fourth-order valence-electron chi connectivity index (χ4n) is 12.1. The molecule has 3 heterocycles. The summed E-state index contributed by atoms with van der Waals surface area (Å²) in [5.74, 6) is -4.68. The number of hydrogen-bond donors (Lipinski definition) is 13. The number of nitrogens with two attached hydrogens (primary N) is 1. The summed E-state index contributed by atoms with van der Waals surface area (Å²) in [6.45, 7) is 5.80. The van der Waals surface area contributed by atoms with Gasteiger partial charge in [-0.15, -0.1) is 0 Å². The predicted molar refractivity (Wildman–Crippen MR) is 271 cm³/mol. The monoisotopic (exact) mass is 1040 g/mol. The second-order valence-electron chi connectivity index (χ2n) is 21.2. The van der Waals surface area contributed by atoms with Gasteiger partial charge in [0.25, 0.3) is 0 Å². The number of piperidine rings is 3. The van der Waals surface area contributed by atoms with Crippen LogP contribution in [0.4, 0.5) is 4.79 Å². The molecule has 10 rings (SSSR count). The molecule has 0 spiro atoms. The second kappa shape index (κ2) is 21.2. The van der Waals surface area contributed by atoms with Crippen LogP contribution in [-0.2, 0) is 49.5 Å². The molecule has 3 saturated carbocycles. The number of alkyl carbamates (subject to hydrolysis) is 1. The number of nitrogens with one attached hydrogen (secondary N) is 11. The summed E-state index contributed by atoms with van der Waals surface area (Å²) in [6, 6.07) is 15.4. The number of fused-ring (bicyclic) bond motifs is 6. The summed E-state index contributed by atoms with van der Waals surface area (Å²) < 4.78 is 5.62. The van der Waals surface area contributed by atoms with Gasteiger partial charge in [0.05, 0.1) is 24.7 Å². The Bertz CT molecular complexity index is 2790. The van der Waals surface area contributed by atoms with E-state index in [0.717, 1.165) is 22.3 Å². The van der Waals surface area contributed by atoms with Gasteiger partial charge in [-0.2, -0.15) is 0 Å². The number of benzene rings is 3. The lowest BCUT2D eigenvalue weighted by Gasteiger charge is -2.22. The number of carbonyl (C=O) groups is 9. The van der Waals surface area contributed by atoms with Gasteiger partial charge in [-0.1, -0.05) is 60.7 Å². The third-order valence-electron chi connectivity index (χ3n) is 16.4. The highest BCUT2D eigenvalue weighted by atomic mass is 16.5. The topological polar surface area (TPSA) is 341 Å². The van der Waals surface area contributed by atoms with E-state index in [1.54, 1.807) is 32.9 Å². The van der Waals surface area contributed by atoms with Crippen LogP contribution in [-0.4, -0.2) is 152 Å². The highest BCUT2D eigenvalue weighted by Crippen LogP contribution is 2.48. The lowest BCUT2D eigenvalue weighted by Crippen LogP contribution is -2.55. The number of primary amides is 1. The third kappa shape index (κ3) is 10.6. The van der Waals surface area contributed by atoms with Crippen molar-refractivity contribution in [1.82, 2.24) is 58.5 Å². The van der Waals surface area contributed by atoms with E-state index in [9.17, 15) is 48.3 Å². The third-order valence-corrected chi connectivity index (χ3v) is 16.4. The largest absolute Gasteiger partial charge is 0.508 e. The first-order valence-corrected chi connectivity index (χ1v) is 25.9. The van der Waals surface area contributed by atoms with E-state index in [2.05, 4.69) is 58.5 Å². The maximum Gasteiger partial charge on any atom is 0.407 e. The molecule has 0 unspecified atom stereocenters. The summed E-state index contributed by atoms with van der Waals surface area (Å²) in [5, 5.41) is 41.2. The number of phenolic OH excluding ortho intramolecular Hbond substituents is 1. The molecule has 23 nitrogen and oxygen atoms in total. The Labute approximate surface area is 437 Å². The van der Waals surface area contributed by atoms with Crippen LogP contribution in [0.3, 0.4) is 0 Å². The van der Waals surface area contributed by atoms with Gasteiger partial charge in [0, 0.05) is 67.9 Å². The number of ether oxygens (including phenoxy) is 1. The molecule has 23 heteroatoms. The fraction of sp³-hybridized carbons (Fsp3) is 0.491. The Morgan fingerprint density at radius 2 is 1.03 bits per heavy atom. The Hall–Kier alpha value is -7.63. The van der Waals surface area contributed by atoms with Crippen molar-refractivity contribution >= 4 is 53.4 Å². The minimum absolute atomic E-state index is 0.00235. The lowest BCUT2D eigenvalue weighted by atomic mass is 9.98. The summed E-state index contributed by atoms with van der Waals surface area (Å²) in [6.07, 6.45) is -0.621. The predicted octanol–water partition coefficient (Wildman–Crippen LogP) is -2.93. The van der Waals surface area contributed by atoms with E-state index >= 15 is 0 Å². The molecular formula is C53H64N12O11. The van der Waals surface area contributed by atoms with E-state index < -0.39 is 96.3 Å². The molecule has 0 aromatic heterocycles. The molecule has 0 bridgehead atoms. The Morgan fingerprint density at radius 1 is 0.592 bits per heavy atom. The fourth-order valence-corrected chi connectivity index (χ4v) is 12.1. The van der Waals surface area contributed by atoms with Gasteiger partial charge in [0.2, 0.25) is 47.3 Å². The highest BCUT2D eigenvalue weighted by molar-refractivity contribution is 5.94. The van der Waals surface area contributed by atoms with Crippen molar-refractivity contribution in [3.63, 3.8) is 0 Å². The van der Waals surface area contributed by atoms with Crippen LogP contribution in [0.15, 0.2) is 72.8 Å². The van der Waals surface area contributed by atoms with E-state index in [0.29, 0.717) is 25.2 Å². The first kappa shape index (κ1) is 51.8. The molecule has 3 aromatic carbocycles. The summed E-state index contributed by atoms with van der Waals surface area (Å²) in [4.78, 5) is 117. The molecule has 3 saturated heterocycles. The van der Waals surface area contributed by atoms with Gasteiger partial charge in [-0.3, -0.25) is 38.4 Å². The first-order chi connectivity index (χ1) is 36.5. The van der Waals surface area contributed by atoms with Crippen molar-refractivity contribution in [2.24, 2.45) is 41.2 Å². The minimum atomic E-state index is -1.04. The smallest absolute Gasteiger partial charge is 0.407 e. The molecule has 0 radical (unpaired) electrons. The van der Waals surface area contributed by atoms with Gasteiger partial charge in [-0.25, -0.2) is 4.79 Å². The van der Waals surface area contributed by atoms with E-state index in [-0.39, 0.29) is 84.2 Å². The van der Waals surface area contributed by atoms with Crippen LogP contribution in [0.5, 0.6) is 5.75 Å². The minimum Gasteiger partial charge on any atom is -0.508 e. The van der Waals surface area contributed by atoms with Crippen LogP contribution in [0.25, 0.3) is 11.1 Å². The highest BCUT2D eigenvalue weighted by Gasteiger charge is 2.63. The van der Waals surface area contributed by atoms with Gasteiger partial charge in [-0.05, 0) is 78.5 Å². The number of amides is 9. The quantitative estimate of drug-likeness (QED) is 0.0539. The standard InChI is InChI=1S/C53H64N12O11/c1-22(47(69)63-40-31-17-55-43(37(31)40)50(72)58-20-36(67)62-35(46(54)68)16-25-12-14-26(66)15-13-25)59-51(73)44-38-32(18-56-44)41(38)64-48(70)23(2)60-52(74)45-39-33(19-57-45)42(39)65-49(71)24(3)61-53(75)76-21-34-29-10-6-4-8-27(29)28-9-5-7-11-30(28)34/h4-15,22-24,31-35,37-45,55-57,66H,16-21H2,1-3H3,(H2,54,68)(H,58,72)(H,59,73)(H,60,74)(H,61,75)(H,62,67)(H,63,69)(H,64,70)(H,65,71)/t22-,23-,24-,31-,32-,33-,35-,37+,38+,39+,40+,41+,42+,43-,44-,45-/m0/s1. The van der Waals surface area contributed by atoms with Gasteiger partial charge in [0.1, 0.15) is 36.5 Å². The Balaban J connectivity index is 0.610. The number of carbonyl (C=O) groups excluding carboxylic acids is 9. The van der Waals surface area contributed by atoms with Crippen molar-refractivity contribution in [2.45, 2.75) is 93.5 Å². The van der Waals surface area contributed by atoms with Crippen LogP contribution < -0.4 is 64.2 Å². The average Bonchev–Trinajstić information content (AvgIpc) is 4.27. The van der Waals surface area contributed by atoms with E-state index in [1.807, 2.05) is 48.5 Å². The Kier molecular flexibility index (Phi) is 14.4. The van der Waals surface area contributed by atoms with Gasteiger partial charge < -0.3 is 74.1 Å². The zero-order valence-electron chi connectivity index (χ0n) is 42.1. The second-order valence-corrected chi connectivity index (χ2v) is 21.2. The zero-order valence-corrected chi connectivity index (χ0v) is 42.1. The molecule has 7 aliphatic rings. The molecule has 402 valence electrons. The molecule has 6 fully saturated rings. The molecule has 16 atom stereocenters. The van der Waals surface area contributed by atoms with Crippen LogP contribution >= 0.6 is 0 Å². The van der Waals surface area contributed by atoms with Crippen molar-refractivity contribution in [2.75, 3.05) is 32.8 Å². The Morgan fingerprint density at radius 3 is 1.49 bits per heavy atom. The van der Waals surface area contributed by atoms with Crippen LogP contribution in [0, 0.1) is 35.5 Å². The molecule has 4 aliphatic carbocycles. The van der Waals surface area contributed by atoms with E-state index in [4.69, 9.17) is 10.5 Å². The summed E-state index contributed by atoms with van der Waals surface area (Å²) >= 11 is 0. The van der Waals surface area contributed by atoms with Crippen molar-refractivity contribution in [3.05, 3.63) is 89.5 Å². The van der Waals surface area contributed by atoms with Crippen molar-refractivity contribution in [3.8, 4) is 16.9 Å². The maximum atomic E-state index is 13.5. The molecule has 14 N–H and O–H groups in total. The average molecular weight is 1050 g/mol. The normalized spacial score (nSPS) is 29.1. The number of rotatable bonds is 20. The zero-order chi connectivity index (χ0) is 53.7. The van der Waals surface area contributed by atoms with E-state index in [1.165, 1.54) is 12.1 Å². The van der Waals surface area contributed by atoms with Gasteiger partial charge >= 0.3 is 6.09 Å². The molecule has 3 aliphatic heterocycles. The molecular weight excluding hydrogens is 981 g/mol. The van der Waals surface area contributed by atoms with Crippen LogP contribution in [0.2, 0.25) is 0 Å². The number of aromatic hydroxyl groups is 1. The number of hydrogen-bond acceptors (Lipinski definition) is 14. The molecule has 3 aromatic rings. The lowest BCUT2D eigenvalue weighted by molar-refractivity contribution is -0.130. The molecule has 76 heavy (non-hydrogen) atoms. The SMILES string of the molecule is C[C@H](NC(=O)OCC1c2ccccc2-c2ccccc21)C(=O)N[C@@H]1[C@H]2CN[C@H](C(=O)N[C@@H](C)C(=O)N[C@@H]3[C@H]4CN[C@H](C(=O)N[C@@H](C)C(=O)N[C@@H]5[C@H]6CN[C@H](C(=O)NCC(=O)N[C@@H](Cc7ccc(O)cc7)C(N)=O)[C@H]65)[C@H]43)[C@H]21. The maximum absolute atomic E-state index is 13.5. The van der Waals surface area contributed by atoms with Crippen molar-refractivity contribution < 1.29 is 53.0 Å². The van der Waals surface area contributed by atoms with Crippen molar-refractivity contribution in [1.29, 1.82) is 0 Å². The summed E-state index contributed by atoms with van der Waals surface area (Å²) in [5.41, 5.74) is 10.5. The number of phenols is 1. The molecule has 9 amide bonds. The summed E-state index contributed by atoms with van der Waals surface area (Å²) in [7, 11) is 0.